The smallest absolute Gasteiger partial charge is 0.259 e. The molecule has 7 heteroatoms. The predicted octanol–water partition coefficient (Wildman–Crippen LogP) is 2.27. The van der Waals surface area contributed by atoms with Gasteiger partial charge in [0, 0.05) is 43.3 Å². The highest BCUT2D eigenvalue weighted by molar-refractivity contribution is 6.31. The Hall–Kier alpha value is -2.34. The lowest BCUT2D eigenvalue weighted by Crippen LogP contribution is -2.48. The van der Waals surface area contributed by atoms with E-state index in [4.69, 9.17) is 11.6 Å². The number of aromatic nitrogens is 1. The quantitative estimate of drug-likeness (QED) is 0.833. The average molecular weight is 374 g/mol. The first-order valence-electron chi connectivity index (χ1n) is 8.77. The van der Waals surface area contributed by atoms with Crippen LogP contribution < -0.4 is 5.43 Å². The first kappa shape index (κ1) is 17.1. The second kappa shape index (κ2) is 6.13. The second-order valence-electron chi connectivity index (χ2n) is 7.31. The first-order chi connectivity index (χ1) is 12.4. The van der Waals surface area contributed by atoms with E-state index >= 15 is 0 Å². The van der Waals surface area contributed by atoms with E-state index in [-0.39, 0.29) is 22.8 Å². The molecule has 2 amide bonds. The maximum absolute atomic E-state index is 12.9. The minimum Gasteiger partial charge on any atom is -0.360 e. The van der Waals surface area contributed by atoms with Crippen molar-refractivity contribution in [3.8, 4) is 0 Å². The number of hydrogen-bond acceptors (Lipinski definition) is 3. The molecule has 136 valence electrons. The van der Waals surface area contributed by atoms with E-state index in [0.717, 1.165) is 19.4 Å². The number of nitrogens with zero attached hydrogens (tertiary/aromatic N) is 2. The van der Waals surface area contributed by atoms with Crippen molar-refractivity contribution in [2.24, 2.45) is 5.41 Å². The molecule has 3 heterocycles. The van der Waals surface area contributed by atoms with Gasteiger partial charge in [0.15, 0.2) is 0 Å². The third-order valence-electron chi connectivity index (χ3n) is 5.66. The standard InChI is InChI=1S/C19H20ClN3O3/c1-22-7-2-5-19(18(22)26)6-8-23(11-19)17(25)14-10-21-15-9-12(20)3-4-13(15)16(14)24/h3-4,9-10H,2,5-8,11H2,1H3,(H,21,24)/t19-/m1/s1. The SMILES string of the molecule is CN1CCC[C@]2(CCN(C(=O)c3c[nH]c4cc(Cl)ccc4c3=O)C2)C1=O. The molecule has 2 fully saturated rings. The number of likely N-dealkylation sites (tertiary alicyclic amines) is 2. The number of benzene rings is 1. The first-order valence-corrected chi connectivity index (χ1v) is 9.15. The minimum atomic E-state index is -0.486. The van der Waals surface area contributed by atoms with E-state index in [9.17, 15) is 14.4 Å². The molecule has 0 aliphatic carbocycles. The number of carbonyl (C=O) groups excluding carboxylic acids is 2. The number of halogens is 1. The van der Waals surface area contributed by atoms with Crippen LogP contribution in [-0.2, 0) is 4.79 Å². The van der Waals surface area contributed by atoms with Gasteiger partial charge in [-0.15, -0.1) is 0 Å². The van der Waals surface area contributed by atoms with Crippen molar-refractivity contribution in [1.29, 1.82) is 0 Å². The number of fused-ring (bicyclic) bond motifs is 1. The highest BCUT2D eigenvalue weighted by Crippen LogP contribution is 2.40. The van der Waals surface area contributed by atoms with Gasteiger partial charge in [0.05, 0.1) is 10.9 Å². The van der Waals surface area contributed by atoms with Crippen molar-refractivity contribution in [3.05, 3.63) is 45.2 Å². The molecular weight excluding hydrogens is 354 g/mol. The molecule has 0 bridgehead atoms. The van der Waals surface area contributed by atoms with Crippen LogP contribution in [0.5, 0.6) is 0 Å². The highest BCUT2D eigenvalue weighted by atomic mass is 35.5. The molecule has 1 N–H and O–H groups in total. The number of hydrogen-bond donors (Lipinski definition) is 1. The zero-order chi connectivity index (χ0) is 18.5. The Morgan fingerprint density at radius 1 is 1.23 bits per heavy atom. The minimum absolute atomic E-state index is 0.105. The van der Waals surface area contributed by atoms with Gasteiger partial charge in [-0.1, -0.05) is 11.6 Å². The van der Waals surface area contributed by atoms with Crippen molar-refractivity contribution in [2.45, 2.75) is 19.3 Å². The van der Waals surface area contributed by atoms with Gasteiger partial charge in [0.25, 0.3) is 5.91 Å². The summed E-state index contributed by atoms with van der Waals surface area (Å²) in [6.07, 6.45) is 3.85. The molecule has 0 saturated carbocycles. The summed E-state index contributed by atoms with van der Waals surface area (Å²) in [6, 6.07) is 4.92. The molecule has 1 aromatic heterocycles. The fraction of sp³-hybridized carbons (Fsp3) is 0.421. The molecule has 4 rings (SSSR count). The fourth-order valence-corrected chi connectivity index (χ4v) is 4.39. The van der Waals surface area contributed by atoms with Gasteiger partial charge in [-0.2, -0.15) is 0 Å². The van der Waals surface area contributed by atoms with Crippen LogP contribution in [0.1, 0.15) is 29.6 Å². The lowest BCUT2D eigenvalue weighted by Gasteiger charge is -2.37. The Kier molecular flexibility index (Phi) is 4.03. The topological polar surface area (TPSA) is 73.5 Å². The molecule has 1 spiro atoms. The molecule has 6 nitrogen and oxygen atoms in total. The lowest BCUT2D eigenvalue weighted by atomic mass is 9.78. The van der Waals surface area contributed by atoms with E-state index in [2.05, 4.69) is 4.98 Å². The largest absolute Gasteiger partial charge is 0.360 e. The van der Waals surface area contributed by atoms with Crippen LogP contribution in [0.4, 0.5) is 0 Å². The summed E-state index contributed by atoms with van der Waals surface area (Å²) in [4.78, 5) is 44.7. The van der Waals surface area contributed by atoms with Gasteiger partial charge in [-0.05, 0) is 37.5 Å². The summed E-state index contributed by atoms with van der Waals surface area (Å²) >= 11 is 5.95. The second-order valence-corrected chi connectivity index (χ2v) is 7.75. The van der Waals surface area contributed by atoms with Crippen LogP contribution in [0.2, 0.25) is 5.02 Å². The number of pyridine rings is 1. The highest BCUT2D eigenvalue weighted by Gasteiger charge is 2.48. The zero-order valence-corrected chi connectivity index (χ0v) is 15.3. The predicted molar refractivity (Wildman–Crippen MR) is 99.4 cm³/mol. The van der Waals surface area contributed by atoms with Crippen molar-refractivity contribution >= 4 is 34.3 Å². The molecular formula is C19H20ClN3O3. The molecule has 2 aliphatic rings. The van der Waals surface area contributed by atoms with Gasteiger partial charge < -0.3 is 14.8 Å². The van der Waals surface area contributed by atoms with Crippen molar-refractivity contribution in [3.63, 3.8) is 0 Å². The van der Waals surface area contributed by atoms with E-state index < -0.39 is 5.41 Å². The Balaban J connectivity index is 1.64. The van der Waals surface area contributed by atoms with Crippen molar-refractivity contribution in [2.75, 3.05) is 26.7 Å². The number of aromatic amines is 1. The number of carbonyl (C=O) groups is 2. The van der Waals surface area contributed by atoms with Crippen molar-refractivity contribution < 1.29 is 9.59 Å². The van der Waals surface area contributed by atoms with Crippen LogP contribution in [0, 0.1) is 5.41 Å². The maximum atomic E-state index is 12.9. The Morgan fingerprint density at radius 3 is 2.85 bits per heavy atom. The number of H-pyrrole nitrogens is 1. The summed E-state index contributed by atoms with van der Waals surface area (Å²) < 4.78 is 0. The Labute approximate surface area is 155 Å². The van der Waals surface area contributed by atoms with Gasteiger partial charge in [-0.25, -0.2) is 0 Å². The van der Waals surface area contributed by atoms with E-state index in [1.807, 2.05) is 7.05 Å². The summed E-state index contributed by atoms with van der Waals surface area (Å²) in [5, 5.41) is 0.955. The Morgan fingerprint density at radius 2 is 2.04 bits per heavy atom. The average Bonchev–Trinajstić information content (AvgIpc) is 3.04. The maximum Gasteiger partial charge on any atom is 0.259 e. The molecule has 0 unspecified atom stereocenters. The molecule has 1 atom stereocenters. The van der Waals surface area contributed by atoms with Crippen molar-refractivity contribution in [1.82, 2.24) is 14.8 Å². The van der Waals surface area contributed by atoms with Crippen LogP contribution in [0.25, 0.3) is 10.9 Å². The molecule has 1 aromatic carbocycles. The summed E-state index contributed by atoms with van der Waals surface area (Å²) in [5.41, 5.74) is -0.0947. The van der Waals surface area contributed by atoms with Gasteiger partial charge in [0.2, 0.25) is 11.3 Å². The summed E-state index contributed by atoms with van der Waals surface area (Å²) in [6.45, 7) is 1.64. The van der Waals surface area contributed by atoms with Crippen LogP contribution in [-0.4, -0.2) is 53.3 Å². The van der Waals surface area contributed by atoms with Crippen LogP contribution in [0.15, 0.2) is 29.2 Å². The zero-order valence-electron chi connectivity index (χ0n) is 14.5. The fourth-order valence-electron chi connectivity index (χ4n) is 4.22. The van der Waals surface area contributed by atoms with Gasteiger partial charge in [-0.3, -0.25) is 14.4 Å². The van der Waals surface area contributed by atoms with Crippen LogP contribution in [0.3, 0.4) is 0 Å². The molecule has 0 radical (unpaired) electrons. The third-order valence-corrected chi connectivity index (χ3v) is 5.90. The number of rotatable bonds is 1. The van der Waals surface area contributed by atoms with Gasteiger partial charge in [0.1, 0.15) is 5.56 Å². The van der Waals surface area contributed by atoms with E-state index in [0.29, 0.717) is 35.4 Å². The molecule has 26 heavy (non-hydrogen) atoms. The number of piperidine rings is 1. The number of amides is 2. The van der Waals surface area contributed by atoms with E-state index in [1.165, 1.54) is 6.20 Å². The lowest BCUT2D eigenvalue weighted by molar-refractivity contribution is -0.143. The molecule has 2 aliphatic heterocycles. The summed E-state index contributed by atoms with van der Waals surface area (Å²) in [7, 11) is 1.81. The molecule has 2 aromatic rings. The third kappa shape index (κ3) is 2.60. The van der Waals surface area contributed by atoms with Crippen LogP contribution >= 0.6 is 11.6 Å². The molecule has 2 saturated heterocycles. The normalized spacial score (nSPS) is 23.2. The van der Waals surface area contributed by atoms with E-state index in [1.54, 1.807) is 28.0 Å². The monoisotopic (exact) mass is 373 g/mol. The summed E-state index contributed by atoms with van der Waals surface area (Å²) in [5.74, 6) is -0.206. The Bertz CT molecular complexity index is 970. The van der Waals surface area contributed by atoms with Gasteiger partial charge >= 0.3 is 0 Å². The number of nitrogens with one attached hydrogen (secondary N) is 1.